The van der Waals surface area contributed by atoms with Gasteiger partial charge in [-0.25, -0.2) is 9.78 Å². The summed E-state index contributed by atoms with van der Waals surface area (Å²) in [5.41, 5.74) is 2.69. The van der Waals surface area contributed by atoms with Gasteiger partial charge in [0.15, 0.2) is 5.82 Å². The van der Waals surface area contributed by atoms with Crippen LogP contribution in [0.2, 0.25) is 0 Å². The molecule has 3 aromatic rings. The lowest BCUT2D eigenvalue weighted by molar-refractivity contribution is -0.147. The number of aromatic amines is 1. The van der Waals surface area contributed by atoms with E-state index in [-0.39, 0.29) is 19.1 Å². The standard InChI is InChI=1S/C19H19N5O5/c25-17(9-28-10-18(26)27)24-8-14-13(20-11-21-14)7-15(24)19-22-16(23-29-19)6-12-4-2-1-3-5-12/h1-5,11,15H,6-10H2,(H,20,21)(H,26,27)/t15-/m0/s1. The number of carboxylic acids is 1. The minimum absolute atomic E-state index is 0.270. The van der Waals surface area contributed by atoms with Crippen LogP contribution in [0.3, 0.4) is 0 Å². The Morgan fingerprint density at radius 2 is 2.10 bits per heavy atom. The number of hydrogen-bond donors (Lipinski definition) is 2. The summed E-state index contributed by atoms with van der Waals surface area (Å²) in [5, 5.41) is 12.7. The number of benzene rings is 1. The van der Waals surface area contributed by atoms with E-state index >= 15 is 0 Å². The first-order valence-corrected chi connectivity index (χ1v) is 9.06. The van der Waals surface area contributed by atoms with E-state index in [1.165, 1.54) is 0 Å². The lowest BCUT2D eigenvalue weighted by Crippen LogP contribution is -2.41. The number of rotatable bonds is 7. The molecule has 1 aliphatic rings. The van der Waals surface area contributed by atoms with E-state index in [9.17, 15) is 9.59 Å². The molecule has 150 valence electrons. The van der Waals surface area contributed by atoms with Crippen molar-refractivity contribution in [1.29, 1.82) is 0 Å². The maximum Gasteiger partial charge on any atom is 0.329 e. The predicted molar refractivity (Wildman–Crippen MR) is 97.6 cm³/mol. The van der Waals surface area contributed by atoms with E-state index in [0.29, 0.717) is 24.6 Å². The van der Waals surface area contributed by atoms with Gasteiger partial charge in [0.1, 0.15) is 19.3 Å². The molecule has 1 aliphatic heterocycles. The van der Waals surface area contributed by atoms with Crippen LogP contribution in [0.25, 0.3) is 0 Å². The van der Waals surface area contributed by atoms with Gasteiger partial charge in [-0.05, 0) is 5.56 Å². The van der Waals surface area contributed by atoms with E-state index in [1.807, 2.05) is 30.3 Å². The maximum absolute atomic E-state index is 12.7. The SMILES string of the molecule is O=C(O)COCC(=O)N1Cc2[nH]cnc2C[C@H]1c1nc(Cc2ccccc2)no1. The molecular weight excluding hydrogens is 378 g/mol. The topological polar surface area (TPSA) is 134 Å². The Bertz CT molecular complexity index is 999. The van der Waals surface area contributed by atoms with Gasteiger partial charge in [-0.2, -0.15) is 4.98 Å². The first-order chi connectivity index (χ1) is 14.1. The number of fused-ring (bicyclic) bond motifs is 1. The summed E-state index contributed by atoms with van der Waals surface area (Å²) in [4.78, 5) is 36.6. The summed E-state index contributed by atoms with van der Waals surface area (Å²) in [5.74, 6) is -0.657. The fourth-order valence-corrected chi connectivity index (χ4v) is 3.28. The van der Waals surface area contributed by atoms with Crippen LogP contribution in [-0.4, -0.2) is 55.2 Å². The second-order valence-corrected chi connectivity index (χ2v) is 6.67. The summed E-state index contributed by atoms with van der Waals surface area (Å²) >= 11 is 0. The summed E-state index contributed by atoms with van der Waals surface area (Å²) < 4.78 is 10.4. The number of amides is 1. The van der Waals surface area contributed by atoms with E-state index < -0.39 is 18.6 Å². The van der Waals surface area contributed by atoms with Crippen molar-refractivity contribution in [3.8, 4) is 0 Å². The average molecular weight is 397 g/mol. The minimum Gasteiger partial charge on any atom is -0.480 e. The first kappa shape index (κ1) is 18.8. The van der Waals surface area contributed by atoms with E-state index in [4.69, 9.17) is 14.4 Å². The van der Waals surface area contributed by atoms with Crippen LogP contribution in [-0.2, 0) is 33.7 Å². The number of hydrogen-bond acceptors (Lipinski definition) is 7. The molecule has 2 N–H and O–H groups in total. The summed E-state index contributed by atoms with van der Waals surface area (Å²) in [7, 11) is 0. The van der Waals surface area contributed by atoms with Gasteiger partial charge in [0, 0.05) is 12.8 Å². The van der Waals surface area contributed by atoms with Crippen LogP contribution in [0.4, 0.5) is 0 Å². The van der Waals surface area contributed by atoms with Crippen LogP contribution in [0.1, 0.15) is 34.7 Å². The molecular formula is C19H19N5O5. The Balaban J connectivity index is 1.53. The van der Waals surface area contributed by atoms with E-state index in [2.05, 4.69) is 20.1 Å². The minimum atomic E-state index is -1.13. The Morgan fingerprint density at radius 3 is 2.90 bits per heavy atom. The molecule has 1 amide bonds. The molecule has 10 heteroatoms. The second kappa shape index (κ2) is 8.23. The zero-order chi connectivity index (χ0) is 20.2. The van der Waals surface area contributed by atoms with Gasteiger partial charge in [-0.3, -0.25) is 4.79 Å². The fraction of sp³-hybridized carbons (Fsp3) is 0.316. The quantitative estimate of drug-likeness (QED) is 0.605. The molecule has 0 saturated carbocycles. The van der Waals surface area contributed by atoms with Crippen molar-refractivity contribution in [2.75, 3.05) is 13.2 Å². The molecule has 4 rings (SSSR count). The van der Waals surface area contributed by atoms with Crippen LogP contribution < -0.4 is 0 Å². The van der Waals surface area contributed by atoms with E-state index in [0.717, 1.165) is 17.0 Å². The second-order valence-electron chi connectivity index (χ2n) is 6.67. The number of nitrogens with zero attached hydrogens (tertiary/aromatic N) is 4. The number of nitrogens with one attached hydrogen (secondary N) is 1. The van der Waals surface area contributed by atoms with Crippen molar-refractivity contribution >= 4 is 11.9 Å². The van der Waals surface area contributed by atoms with Crippen LogP contribution >= 0.6 is 0 Å². The summed E-state index contributed by atoms with van der Waals surface area (Å²) in [6, 6.07) is 9.26. The molecule has 2 aromatic heterocycles. The molecule has 1 atom stereocenters. The molecule has 0 saturated heterocycles. The number of carbonyl (C=O) groups excluding carboxylic acids is 1. The molecule has 1 aromatic carbocycles. The van der Waals surface area contributed by atoms with Crippen molar-refractivity contribution in [2.24, 2.45) is 0 Å². The smallest absolute Gasteiger partial charge is 0.329 e. The van der Waals surface area contributed by atoms with Crippen molar-refractivity contribution in [3.05, 3.63) is 65.3 Å². The van der Waals surface area contributed by atoms with Crippen LogP contribution in [0.5, 0.6) is 0 Å². The maximum atomic E-state index is 12.7. The molecule has 0 fully saturated rings. The number of H-pyrrole nitrogens is 1. The van der Waals surface area contributed by atoms with Gasteiger partial charge >= 0.3 is 5.97 Å². The zero-order valence-electron chi connectivity index (χ0n) is 15.4. The van der Waals surface area contributed by atoms with Gasteiger partial charge in [0.2, 0.25) is 11.8 Å². The number of aromatic nitrogens is 4. The lowest BCUT2D eigenvalue weighted by atomic mass is 10.0. The third-order valence-corrected chi connectivity index (χ3v) is 4.64. The predicted octanol–water partition coefficient (Wildman–Crippen LogP) is 1.11. The van der Waals surface area contributed by atoms with Gasteiger partial charge in [-0.15, -0.1) is 0 Å². The summed E-state index contributed by atoms with van der Waals surface area (Å²) in [6.07, 6.45) is 2.50. The Hall–Kier alpha value is -3.53. The Kier molecular flexibility index (Phi) is 5.34. The normalized spacial score (nSPS) is 15.9. The monoisotopic (exact) mass is 397 g/mol. The molecule has 0 aliphatic carbocycles. The van der Waals surface area contributed by atoms with Crippen molar-refractivity contribution < 1.29 is 24.0 Å². The third kappa shape index (κ3) is 4.32. The molecule has 0 radical (unpaired) electrons. The largest absolute Gasteiger partial charge is 0.480 e. The highest BCUT2D eigenvalue weighted by molar-refractivity contribution is 5.78. The van der Waals surface area contributed by atoms with E-state index in [1.54, 1.807) is 11.2 Å². The highest BCUT2D eigenvalue weighted by Crippen LogP contribution is 2.31. The lowest BCUT2D eigenvalue weighted by Gasteiger charge is -2.32. The number of imidazole rings is 1. The van der Waals surface area contributed by atoms with Crippen molar-refractivity contribution in [2.45, 2.75) is 25.4 Å². The highest BCUT2D eigenvalue weighted by Gasteiger charge is 2.36. The highest BCUT2D eigenvalue weighted by atomic mass is 16.5. The van der Waals surface area contributed by atoms with Gasteiger partial charge in [-0.1, -0.05) is 35.5 Å². The number of aliphatic carboxylic acids is 1. The molecule has 0 bridgehead atoms. The zero-order valence-corrected chi connectivity index (χ0v) is 15.4. The summed E-state index contributed by atoms with van der Waals surface area (Å²) in [6.45, 7) is -0.621. The van der Waals surface area contributed by atoms with Crippen molar-refractivity contribution in [1.82, 2.24) is 25.0 Å². The average Bonchev–Trinajstić information content (AvgIpc) is 3.36. The van der Waals surface area contributed by atoms with Gasteiger partial charge in [0.05, 0.1) is 24.3 Å². The molecule has 0 spiro atoms. The fourth-order valence-electron chi connectivity index (χ4n) is 3.28. The van der Waals surface area contributed by atoms with Crippen molar-refractivity contribution in [3.63, 3.8) is 0 Å². The number of carbonyl (C=O) groups is 2. The molecule has 0 unspecified atom stereocenters. The first-order valence-electron chi connectivity index (χ1n) is 9.06. The number of ether oxygens (including phenoxy) is 1. The van der Waals surface area contributed by atoms with Gasteiger partial charge < -0.3 is 24.3 Å². The Morgan fingerprint density at radius 1 is 1.28 bits per heavy atom. The third-order valence-electron chi connectivity index (χ3n) is 4.64. The van der Waals surface area contributed by atoms with Crippen LogP contribution in [0, 0.1) is 0 Å². The Labute approximate surface area is 165 Å². The molecule has 3 heterocycles. The molecule has 10 nitrogen and oxygen atoms in total. The number of carboxylic acid groups (broad SMARTS) is 1. The van der Waals surface area contributed by atoms with Gasteiger partial charge in [0.25, 0.3) is 0 Å². The molecule has 29 heavy (non-hydrogen) atoms. The van der Waals surface area contributed by atoms with Crippen LogP contribution in [0.15, 0.2) is 41.2 Å².